The van der Waals surface area contributed by atoms with Gasteiger partial charge in [-0.2, -0.15) is 10.2 Å². The quantitative estimate of drug-likeness (QED) is 0.720. The highest BCUT2D eigenvalue weighted by Crippen LogP contribution is 2.28. The van der Waals surface area contributed by atoms with Crippen LogP contribution in [0, 0.1) is 25.2 Å². The van der Waals surface area contributed by atoms with E-state index in [1.807, 2.05) is 19.9 Å². The van der Waals surface area contributed by atoms with Crippen molar-refractivity contribution in [2.45, 2.75) is 13.8 Å². The van der Waals surface area contributed by atoms with Crippen molar-refractivity contribution in [1.82, 2.24) is 15.1 Å². The molecule has 0 aliphatic heterocycles. The summed E-state index contributed by atoms with van der Waals surface area (Å²) in [5, 5.41) is 12.8. The molecule has 0 spiro atoms. The molecular weight excluding hydrogens is 272 g/mol. The molecule has 0 saturated heterocycles. The second kappa shape index (κ2) is 4.87. The fourth-order valence-corrected chi connectivity index (χ4v) is 2.61. The van der Waals surface area contributed by atoms with Crippen LogP contribution in [0.4, 0.5) is 0 Å². The number of aryl methyl sites for hydroxylation is 2. The van der Waals surface area contributed by atoms with E-state index in [4.69, 9.17) is 9.78 Å². The molecule has 20 heavy (non-hydrogen) atoms. The van der Waals surface area contributed by atoms with Gasteiger partial charge in [-0.3, -0.25) is 4.98 Å². The first-order chi connectivity index (χ1) is 9.67. The summed E-state index contributed by atoms with van der Waals surface area (Å²) in [6.07, 6.45) is 1.78. The Hall–Kier alpha value is -2.52. The summed E-state index contributed by atoms with van der Waals surface area (Å²) in [7, 11) is 0. The lowest BCUT2D eigenvalue weighted by Gasteiger charge is -2.00. The molecule has 0 atom stereocenters. The highest BCUT2D eigenvalue weighted by atomic mass is 32.1. The first kappa shape index (κ1) is 12.5. The summed E-state index contributed by atoms with van der Waals surface area (Å²) in [6.45, 7) is 3.95. The van der Waals surface area contributed by atoms with Crippen molar-refractivity contribution in [2.24, 2.45) is 0 Å². The van der Waals surface area contributed by atoms with Gasteiger partial charge in [0.15, 0.2) is 0 Å². The third-order valence-corrected chi connectivity index (χ3v) is 3.76. The Bertz CT molecular complexity index is 813. The van der Waals surface area contributed by atoms with E-state index in [1.54, 1.807) is 18.3 Å². The van der Waals surface area contributed by atoms with Crippen molar-refractivity contribution in [2.75, 3.05) is 0 Å². The lowest BCUT2D eigenvalue weighted by Crippen LogP contribution is -1.91. The van der Waals surface area contributed by atoms with Crippen LogP contribution >= 0.6 is 11.3 Å². The molecule has 3 rings (SSSR count). The average molecular weight is 282 g/mol. The van der Waals surface area contributed by atoms with E-state index < -0.39 is 0 Å². The Kier molecular flexibility index (Phi) is 3.05. The van der Waals surface area contributed by atoms with Gasteiger partial charge in [0.05, 0.1) is 4.88 Å². The van der Waals surface area contributed by atoms with Gasteiger partial charge in [0, 0.05) is 6.20 Å². The van der Waals surface area contributed by atoms with Crippen LogP contribution in [0.15, 0.2) is 28.9 Å². The number of hydrogen-bond donors (Lipinski definition) is 0. The molecule has 0 bridgehead atoms. The molecule has 3 aromatic rings. The van der Waals surface area contributed by atoms with E-state index in [-0.39, 0.29) is 0 Å². The molecule has 98 valence electrons. The van der Waals surface area contributed by atoms with Crippen LogP contribution in [-0.2, 0) is 0 Å². The van der Waals surface area contributed by atoms with Gasteiger partial charge in [0.1, 0.15) is 16.6 Å². The predicted molar refractivity (Wildman–Crippen MR) is 75.0 cm³/mol. The van der Waals surface area contributed by atoms with Crippen LogP contribution < -0.4 is 0 Å². The third-order valence-electron chi connectivity index (χ3n) is 2.78. The van der Waals surface area contributed by atoms with Gasteiger partial charge in [0.2, 0.25) is 5.82 Å². The molecule has 0 saturated carbocycles. The molecule has 3 aromatic heterocycles. The number of thiophene rings is 1. The predicted octanol–water partition coefficient (Wildman–Crippen LogP) is 3.35. The van der Waals surface area contributed by atoms with Crippen LogP contribution in [0.3, 0.4) is 0 Å². The van der Waals surface area contributed by atoms with E-state index >= 15 is 0 Å². The van der Waals surface area contributed by atoms with Crippen LogP contribution in [0.5, 0.6) is 0 Å². The number of nitriles is 1. The lowest BCUT2D eigenvalue weighted by atomic mass is 10.1. The first-order valence-corrected chi connectivity index (χ1v) is 6.76. The van der Waals surface area contributed by atoms with E-state index in [1.165, 1.54) is 11.3 Å². The van der Waals surface area contributed by atoms with Gasteiger partial charge in [-0.1, -0.05) is 11.2 Å². The van der Waals surface area contributed by atoms with Crippen molar-refractivity contribution >= 4 is 11.3 Å². The maximum Gasteiger partial charge on any atom is 0.268 e. The van der Waals surface area contributed by atoms with Gasteiger partial charge in [-0.05, 0) is 37.1 Å². The van der Waals surface area contributed by atoms with Crippen molar-refractivity contribution < 1.29 is 4.52 Å². The van der Waals surface area contributed by atoms with E-state index in [2.05, 4.69) is 21.2 Å². The van der Waals surface area contributed by atoms with Gasteiger partial charge in [-0.25, -0.2) is 0 Å². The molecule has 0 aliphatic carbocycles. The summed E-state index contributed by atoms with van der Waals surface area (Å²) in [5.41, 5.74) is 2.80. The normalized spacial score (nSPS) is 10.4. The summed E-state index contributed by atoms with van der Waals surface area (Å²) < 4.78 is 5.25. The fourth-order valence-electron chi connectivity index (χ4n) is 1.88. The van der Waals surface area contributed by atoms with Crippen LogP contribution in [0.25, 0.3) is 22.3 Å². The highest BCUT2D eigenvalue weighted by molar-refractivity contribution is 7.15. The number of pyridine rings is 1. The zero-order valence-electron chi connectivity index (χ0n) is 10.9. The highest BCUT2D eigenvalue weighted by Gasteiger charge is 2.15. The van der Waals surface area contributed by atoms with Crippen LogP contribution in [0.2, 0.25) is 0 Å². The van der Waals surface area contributed by atoms with E-state index in [0.29, 0.717) is 22.3 Å². The average Bonchev–Trinajstić information content (AvgIpc) is 3.07. The van der Waals surface area contributed by atoms with Gasteiger partial charge in [0.25, 0.3) is 5.89 Å². The second-order valence-electron chi connectivity index (χ2n) is 4.38. The molecule has 0 aliphatic rings. The summed E-state index contributed by atoms with van der Waals surface area (Å²) in [5.74, 6) is 0.873. The zero-order valence-corrected chi connectivity index (χ0v) is 11.7. The molecule has 0 amide bonds. The Morgan fingerprint density at radius 2 is 2.15 bits per heavy atom. The monoisotopic (exact) mass is 282 g/mol. The van der Waals surface area contributed by atoms with Crippen molar-refractivity contribution in [3.05, 3.63) is 40.4 Å². The summed E-state index contributed by atoms with van der Waals surface area (Å²) in [6, 6.07) is 7.65. The maximum atomic E-state index is 8.83. The molecule has 6 heteroatoms. The zero-order chi connectivity index (χ0) is 14.1. The Morgan fingerprint density at radius 3 is 2.85 bits per heavy atom. The van der Waals surface area contributed by atoms with Gasteiger partial charge < -0.3 is 4.52 Å². The molecule has 0 N–H and O–H groups in total. The maximum absolute atomic E-state index is 8.83. The third kappa shape index (κ3) is 2.19. The smallest absolute Gasteiger partial charge is 0.268 e. The van der Waals surface area contributed by atoms with Crippen molar-refractivity contribution in [1.29, 1.82) is 5.26 Å². The van der Waals surface area contributed by atoms with E-state index in [9.17, 15) is 0 Å². The number of nitrogens with zero attached hydrogens (tertiary/aromatic N) is 4. The Morgan fingerprint density at radius 1 is 1.30 bits per heavy atom. The van der Waals surface area contributed by atoms with Crippen molar-refractivity contribution in [3.8, 4) is 28.4 Å². The topological polar surface area (TPSA) is 75.6 Å². The Labute approximate surface area is 119 Å². The molecule has 0 aromatic carbocycles. The molecule has 0 fully saturated rings. The number of hydrogen-bond acceptors (Lipinski definition) is 6. The van der Waals surface area contributed by atoms with Crippen LogP contribution in [-0.4, -0.2) is 15.1 Å². The van der Waals surface area contributed by atoms with Crippen molar-refractivity contribution in [3.63, 3.8) is 0 Å². The minimum absolute atomic E-state index is 0.410. The number of rotatable bonds is 2. The fraction of sp³-hybridized carbons (Fsp3) is 0.143. The molecular formula is C14H10N4OS. The molecule has 0 unspecified atom stereocenters. The minimum atomic E-state index is 0.410. The van der Waals surface area contributed by atoms with Crippen LogP contribution in [0.1, 0.15) is 16.0 Å². The molecule has 0 radical (unpaired) electrons. The van der Waals surface area contributed by atoms with Gasteiger partial charge >= 0.3 is 0 Å². The molecule has 5 nitrogen and oxygen atoms in total. The standard InChI is InChI=1S/C14H10N4OS/c1-8-5-9(2)12(16-7-8)13-17-14(19-18-13)11-4-3-10(6-15)20-11/h3-5,7H,1-2H3. The SMILES string of the molecule is Cc1cnc(-c2noc(-c3ccc(C#N)s3)n2)c(C)c1. The number of aromatic nitrogens is 3. The van der Waals surface area contributed by atoms with E-state index in [0.717, 1.165) is 16.0 Å². The summed E-state index contributed by atoms with van der Waals surface area (Å²) >= 11 is 1.32. The minimum Gasteiger partial charge on any atom is -0.333 e. The Balaban J connectivity index is 2.00. The largest absolute Gasteiger partial charge is 0.333 e. The second-order valence-corrected chi connectivity index (χ2v) is 5.46. The molecule has 3 heterocycles. The van der Waals surface area contributed by atoms with Gasteiger partial charge in [-0.15, -0.1) is 11.3 Å². The summed E-state index contributed by atoms with van der Waals surface area (Å²) in [4.78, 5) is 10.1. The first-order valence-electron chi connectivity index (χ1n) is 5.95. The lowest BCUT2D eigenvalue weighted by molar-refractivity contribution is 0.433.